The molecule has 2 N–H and O–H groups in total. The third-order valence-electron chi connectivity index (χ3n) is 2.62. The predicted octanol–water partition coefficient (Wildman–Crippen LogP) is 2.71. The maximum absolute atomic E-state index is 12.7. The molecule has 4 nitrogen and oxygen atoms in total. The number of amides is 2. The van der Waals surface area contributed by atoms with Gasteiger partial charge in [-0.15, -0.1) is 0 Å². The van der Waals surface area contributed by atoms with E-state index in [0.717, 1.165) is 5.56 Å². The van der Waals surface area contributed by atoms with E-state index in [4.69, 9.17) is 0 Å². The summed E-state index contributed by atoms with van der Waals surface area (Å²) in [5, 5.41) is 4.86. The highest BCUT2D eigenvalue weighted by Crippen LogP contribution is 2.10. The van der Waals surface area contributed by atoms with Crippen LogP contribution in [0.1, 0.15) is 5.56 Å². The van der Waals surface area contributed by atoms with Gasteiger partial charge >= 0.3 is 11.8 Å². The minimum atomic E-state index is -0.808. The third-order valence-corrected chi connectivity index (χ3v) is 2.62. The van der Waals surface area contributed by atoms with Crippen LogP contribution in [0.2, 0.25) is 0 Å². The molecule has 0 aliphatic carbocycles. The van der Waals surface area contributed by atoms with Gasteiger partial charge in [-0.1, -0.05) is 17.7 Å². The van der Waals surface area contributed by atoms with Gasteiger partial charge in [-0.3, -0.25) is 9.59 Å². The van der Waals surface area contributed by atoms with Crippen LogP contribution in [-0.2, 0) is 9.59 Å². The van der Waals surface area contributed by atoms with Crippen LogP contribution in [0.5, 0.6) is 0 Å². The molecule has 0 saturated heterocycles. The molecule has 0 aliphatic heterocycles. The topological polar surface area (TPSA) is 58.2 Å². The molecule has 0 radical (unpaired) electrons. The largest absolute Gasteiger partial charge is 0.318 e. The van der Waals surface area contributed by atoms with Crippen LogP contribution in [0.15, 0.2) is 48.5 Å². The first-order chi connectivity index (χ1) is 9.54. The van der Waals surface area contributed by atoms with Gasteiger partial charge in [0.15, 0.2) is 0 Å². The second kappa shape index (κ2) is 5.97. The molecule has 0 aliphatic rings. The monoisotopic (exact) mass is 272 g/mol. The van der Waals surface area contributed by atoms with E-state index < -0.39 is 17.6 Å². The molecule has 2 rings (SSSR count). The number of halogens is 1. The smallest absolute Gasteiger partial charge is 0.314 e. The van der Waals surface area contributed by atoms with Crippen LogP contribution < -0.4 is 10.6 Å². The van der Waals surface area contributed by atoms with Crippen molar-refractivity contribution in [2.24, 2.45) is 0 Å². The van der Waals surface area contributed by atoms with Crippen LogP contribution >= 0.6 is 0 Å². The number of aryl methyl sites for hydroxylation is 1. The Bertz CT molecular complexity index is 564. The van der Waals surface area contributed by atoms with E-state index in [1.807, 2.05) is 19.1 Å². The molecule has 0 bridgehead atoms. The molecule has 2 aromatic rings. The van der Waals surface area contributed by atoms with E-state index in [1.165, 1.54) is 24.3 Å². The highest BCUT2D eigenvalue weighted by molar-refractivity contribution is 6.43. The average molecular weight is 272 g/mol. The summed E-state index contributed by atoms with van der Waals surface area (Å²) in [6, 6.07) is 12.2. The van der Waals surface area contributed by atoms with Gasteiger partial charge < -0.3 is 10.6 Å². The molecule has 2 amide bonds. The molecule has 5 heteroatoms. The zero-order chi connectivity index (χ0) is 14.5. The van der Waals surface area contributed by atoms with Gasteiger partial charge in [-0.25, -0.2) is 4.39 Å². The number of anilines is 2. The molecule has 0 aromatic heterocycles. The molecule has 0 saturated carbocycles. The van der Waals surface area contributed by atoms with E-state index in [1.54, 1.807) is 12.1 Å². The van der Waals surface area contributed by atoms with Crippen molar-refractivity contribution >= 4 is 23.2 Å². The summed E-state index contributed by atoms with van der Waals surface area (Å²) in [6.07, 6.45) is 0. The lowest BCUT2D eigenvalue weighted by atomic mass is 10.2. The highest BCUT2D eigenvalue weighted by Gasteiger charge is 2.13. The fraction of sp³-hybridized carbons (Fsp3) is 0.0667. The Hall–Kier alpha value is -2.69. The molecular formula is C15H13FN2O2. The number of carbonyl (C=O) groups is 2. The van der Waals surface area contributed by atoms with Gasteiger partial charge in [-0.2, -0.15) is 0 Å². The summed E-state index contributed by atoms with van der Waals surface area (Å²) < 4.78 is 12.7. The van der Waals surface area contributed by atoms with Crippen molar-refractivity contribution in [3.63, 3.8) is 0 Å². The fourth-order valence-corrected chi connectivity index (χ4v) is 1.55. The lowest BCUT2D eigenvalue weighted by Crippen LogP contribution is -2.29. The number of benzene rings is 2. The van der Waals surface area contributed by atoms with Crippen LogP contribution in [0, 0.1) is 12.7 Å². The van der Waals surface area contributed by atoms with Crippen molar-refractivity contribution in [2.45, 2.75) is 6.92 Å². The SMILES string of the molecule is Cc1ccc(NC(=O)C(=O)Nc2ccc(F)cc2)cc1. The molecule has 0 unspecified atom stereocenters. The minimum Gasteiger partial charge on any atom is -0.318 e. The van der Waals surface area contributed by atoms with Crippen molar-refractivity contribution in [2.75, 3.05) is 10.6 Å². The van der Waals surface area contributed by atoms with Gasteiger partial charge in [-0.05, 0) is 43.3 Å². The van der Waals surface area contributed by atoms with Crippen molar-refractivity contribution < 1.29 is 14.0 Å². The lowest BCUT2D eigenvalue weighted by Gasteiger charge is -2.06. The van der Waals surface area contributed by atoms with Gasteiger partial charge in [0.05, 0.1) is 0 Å². The summed E-state index contributed by atoms with van der Waals surface area (Å²) in [7, 11) is 0. The summed E-state index contributed by atoms with van der Waals surface area (Å²) in [4.78, 5) is 23.3. The molecule has 0 atom stereocenters. The highest BCUT2D eigenvalue weighted by atomic mass is 19.1. The van der Waals surface area contributed by atoms with Gasteiger partial charge in [0.25, 0.3) is 0 Å². The van der Waals surface area contributed by atoms with Crippen LogP contribution in [0.3, 0.4) is 0 Å². The number of rotatable bonds is 2. The van der Waals surface area contributed by atoms with Gasteiger partial charge in [0, 0.05) is 11.4 Å². The van der Waals surface area contributed by atoms with Crippen molar-refractivity contribution in [3.8, 4) is 0 Å². The first-order valence-electron chi connectivity index (χ1n) is 5.99. The van der Waals surface area contributed by atoms with E-state index in [2.05, 4.69) is 10.6 Å². The van der Waals surface area contributed by atoms with E-state index in [0.29, 0.717) is 11.4 Å². The van der Waals surface area contributed by atoms with Crippen molar-refractivity contribution in [1.82, 2.24) is 0 Å². The minimum absolute atomic E-state index is 0.357. The van der Waals surface area contributed by atoms with Crippen LogP contribution in [0.4, 0.5) is 15.8 Å². The lowest BCUT2D eigenvalue weighted by molar-refractivity contribution is -0.132. The molecule has 0 fully saturated rings. The number of hydrogen-bond donors (Lipinski definition) is 2. The Morgan fingerprint density at radius 1 is 0.800 bits per heavy atom. The molecule has 0 heterocycles. The second-order valence-electron chi connectivity index (χ2n) is 4.28. The maximum Gasteiger partial charge on any atom is 0.314 e. The fourth-order valence-electron chi connectivity index (χ4n) is 1.55. The zero-order valence-electron chi connectivity index (χ0n) is 10.8. The van der Waals surface area contributed by atoms with E-state index >= 15 is 0 Å². The number of nitrogens with one attached hydrogen (secondary N) is 2. The average Bonchev–Trinajstić information content (AvgIpc) is 2.44. The van der Waals surface area contributed by atoms with E-state index in [-0.39, 0.29) is 0 Å². The Balaban J connectivity index is 1.96. The Labute approximate surface area is 115 Å². The quantitative estimate of drug-likeness (QED) is 0.826. The standard InChI is InChI=1S/C15H13FN2O2/c1-10-2-6-12(7-3-10)17-14(19)15(20)18-13-8-4-11(16)5-9-13/h2-9H,1H3,(H,17,19)(H,18,20). The first kappa shape index (κ1) is 13.7. The molecule has 102 valence electrons. The molecule has 2 aromatic carbocycles. The van der Waals surface area contributed by atoms with Crippen LogP contribution in [-0.4, -0.2) is 11.8 Å². The zero-order valence-corrected chi connectivity index (χ0v) is 10.8. The normalized spacial score (nSPS) is 9.90. The van der Waals surface area contributed by atoms with E-state index in [9.17, 15) is 14.0 Å². The molecule has 20 heavy (non-hydrogen) atoms. The van der Waals surface area contributed by atoms with Crippen molar-refractivity contribution in [1.29, 1.82) is 0 Å². The van der Waals surface area contributed by atoms with Gasteiger partial charge in [0.1, 0.15) is 5.82 Å². The van der Waals surface area contributed by atoms with Gasteiger partial charge in [0.2, 0.25) is 0 Å². The summed E-state index contributed by atoms with van der Waals surface area (Å²) in [5.41, 5.74) is 1.95. The Kier molecular flexibility index (Phi) is 4.10. The summed E-state index contributed by atoms with van der Waals surface area (Å²) in [6.45, 7) is 1.92. The number of carbonyl (C=O) groups excluding carboxylic acids is 2. The number of hydrogen-bond acceptors (Lipinski definition) is 2. The summed E-state index contributed by atoms with van der Waals surface area (Å²) >= 11 is 0. The maximum atomic E-state index is 12.7. The second-order valence-corrected chi connectivity index (χ2v) is 4.28. The Morgan fingerprint density at radius 3 is 1.65 bits per heavy atom. The first-order valence-corrected chi connectivity index (χ1v) is 5.99. The molecular weight excluding hydrogens is 259 g/mol. The predicted molar refractivity (Wildman–Crippen MR) is 74.8 cm³/mol. The summed E-state index contributed by atoms with van der Waals surface area (Å²) in [5.74, 6) is -2.00. The van der Waals surface area contributed by atoms with Crippen LogP contribution in [0.25, 0.3) is 0 Å². The molecule has 0 spiro atoms. The Morgan fingerprint density at radius 2 is 1.20 bits per heavy atom. The van der Waals surface area contributed by atoms with Crippen molar-refractivity contribution in [3.05, 3.63) is 59.9 Å². The third kappa shape index (κ3) is 3.65.